The van der Waals surface area contributed by atoms with Crippen LogP contribution in [0.3, 0.4) is 0 Å². The van der Waals surface area contributed by atoms with Gasteiger partial charge in [-0.05, 0) is 20.3 Å². The third-order valence-corrected chi connectivity index (χ3v) is 3.95. The van der Waals surface area contributed by atoms with Gasteiger partial charge in [-0.15, -0.1) is 11.3 Å². The molecule has 0 spiro atoms. The fraction of sp³-hybridized carbons (Fsp3) is 0.538. The number of aryl methyl sites for hydroxylation is 1. The summed E-state index contributed by atoms with van der Waals surface area (Å²) < 4.78 is 1.98. The minimum absolute atomic E-state index is 0.0991. The number of hydrogen-bond donors (Lipinski definition) is 1. The molecule has 19 heavy (non-hydrogen) atoms. The Morgan fingerprint density at radius 3 is 3.05 bits per heavy atom. The summed E-state index contributed by atoms with van der Waals surface area (Å²) in [5.41, 5.74) is 1.95. The average molecular weight is 281 g/mol. The lowest BCUT2D eigenvalue weighted by molar-refractivity contribution is -0.130. The van der Waals surface area contributed by atoms with E-state index in [1.807, 2.05) is 29.8 Å². The van der Waals surface area contributed by atoms with Gasteiger partial charge in [-0.2, -0.15) is 0 Å². The Bertz CT molecular complexity index is 561. The molecular formula is C13H19N3O2S. The summed E-state index contributed by atoms with van der Waals surface area (Å²) in [6, 6.07) is 0. The number of aliphatic hydroxyl groups is 1. The van der Waals surface area contributed by atoms with Crippen LogP contribution >= 0.6 is 11.3 Å². The van der Waals surface area contributed by atoms with Crippen molar-refractivity contribution < 1.29 is 9.90 Å². The van der Waals surface area contributed by atoms with Crippen molar-refractivity contribution in [2.24, 2.45) is 0 Å². The second-order valence-electron chi connectivity index (χ2n) is 4.49. The van der Waals surface area contributed by atoms with E-state index in [0.29, 0.717) is 25.9 Å². The van der Waals surface area contributed by atoms with Gasteiger partial charge in [0.15, 0.2) is 4.96 Å². The van der Waals surface area contributed by atoms with Crippen molar-refractivity contribution in [1.82, 2.24) is 14.3 Å². The molecule has 6 heteroatoms. The Morgan fingerprint density at radius 2 is 2.37 bits per heavy atom. The second-order valence-corrected chi connectivity index (χ2v) is 5.33. The number of fused-ring (bicyclic) bond motifs is 1. The van der Waals surface area contributed by atoms with Gasteiger partial charge in [0, 0.05) is 37.0 Å². The number of amides is 1. The predicted molar refractivity (Wildman–Crippen MR) is 75.5 cm³/mol. The fourth-order valence-corrected chi connectivity index (χ4v) is 2.97. The number of carbonyl (C=O) groups excluding carboxylic acids is 1. The van der Waals surface area contributed by atoms with Crippen LogP contribution in [0, 0.1) is 6.92 Å². The zero-order chi connectivity index (χ0) is 13.8. The zero-order valence-corrected chi connectivity index (χ0v) is 12.1. The standard InChI is InChI=1S/C13H19N3O2S/c1-3-15(5-4-6-17)12(18)7-11-9-19-13-14-10(2)8-16(11)13/h8-9,17H,3-7H2,1-2H3. The molecule has 0 fully saturated rings. The minimum Gasteiger partial charge on any atom is -0.396 e. The molecule has 0 saturated carbocycles. The molecule has 0 atom stereocenters. The number of aliphatic hydroxyl groups excluding tert-OH is 1. The lowest BCUT2D eigenvalue weighted by atomic mass is 10.2. The number of carbonyl (C=O) groups is 1. The van der Waals surface area contributed by atoms with Crippen molar-refractivity contribution in [2.75, 3.05) is 19.7 Å². The fourth-order valence-electron chi connectivity index (χ4n) is 2.06. The van der Waals surface area contributed by atoms with Crippen LogP contribution in [-0.4, -0.2) is 45.0 Å². The molecule has 1 amide bonds. The summed E-state index contributed by atoms with van der Waals surface area (Å²) >= 11 is 1.56. The van der Waals surface area contributed by atoms with Crippen molar-refractivity contribution in [3.8, 4) is 0 Å². The van der Waals surface area contributed by atoms with Crippen molar-refractivity contribution in [3.05, 3.63) is 23.0 Å². The Morgan fingerprint density at radius 1 is 1.58 bits per heavy atom. The highest BCUT2D eigenvalue weighted by Gasteiger charge is 2.15. The maximum atomic E-state index is 12.2. The summed E-state index contributed by atoms with van der Waals surface area (Å²) in [4.78, 5) is 19.3. The molecule has 2 heterocycles. The zero-order valence-electron chi connectivity index (χ0n) is 11.3. The van der Waals surface area contributed by atoms with Crippen LogP contribution in [0.2, 0.25) is 0 Å². The largest absolute Gasteiger partial charge is 0.396 e. The first-order valence-electron chi connectivity index (χ1n) is 6.46. The van der Waals surface area contributed by atoms with E-state index in [2.05, 4.69) is 4.98 Å². The van der Waals surface area contributed by atoms with Gasteiger partial charge in [-0.1, -0.05) is 0 Å². The molecule has 0 unspecified atom stereocenters. The number of hydrogen-bond acceptors (Lipinski definition) is 4. The molecule has 0 bridgehead atoms. The molecule has 1 N–H and O–H groups in total. The predicted octanol–water partition coefficient (Wildman–Crippen LogP) is 1.48. The summed E-state index contributed by atoms with van der Waals surface area (Å²) in [5, 5.41) is 10.8. The topological polar surface area (TPSA) is 57.8 Å². The van der Waals surface area contributed by atoms with E-state index in [1.165, 1.54) is 0 Å². The van der Waals surface area contributed by atoms with Crippen molar-refractivity contribution in [2.45, 2.75) is 26.7 Å². The van der Waals surface area contributed by atoms with Crippen LogP contribution in [0.5, 0.6) is 0 Å². The number of likely N-dealkylation sites (N-methyl/N-ethyl adjacent to an activating group) is 1. The molecule has 2 rings (SSSR count). The van der Waals surface area contributed by atoms with Crippen molar-refractivity contribution in [3.63, 3.8) is 0 Å². The van der Waals surface area contributed by atoms with E-state index in [9.17, 15) is 4.79 Å². The number of aromatic nitrogens is 2. The van der Waals surface area contributed by atoms with Crippen LogP contribution in [0.25, 0.3) is 4.96 Å². The Kier molecular flexibility index (Phi) is 4.55. The monoisotopic (exact) mass is 281 g/mol. The quantitative estimate of drug-likeness (QED) is 0.872. The summed E-state index contributed by atoms with van der Waals surface area (Å²) in [6.07, 6.45) is 2.97. The molecule has 0 aromatic carbocycles. The molecule has 0 aliphatic rings. The van der Waals surface area contributed by atoms with E-state index < -0.39 is 0 Å². The molecule has 0 radical (unpaired) electrons. The Labute approximate surface area is 116 Å². The Balaban J connectivity index is 2.08. The normalized spacial score (nSPS) is 11.1. The van der Waals surface area contributed by atoms with Crippen LogP contribution < -0.4 is 0 Å². The molecular weight excluding hydrogens is 262 g/mol. The number of thiazole rings is 1. The van der Waals surface area contributed by atoms with Gasteiger partial charge in [0.05, 0.1) is 12.1 Å². The molecule has 0 aliphatic heterocycles. The summed E-state index contributed by atoms with van der Waals surface area (Å²) in [6.45, 7) is 5.31. The van der Waals surface area contributed by atoms with Crippen LogP contribution in [0.15, 0.2) is 11.6 Å². The van der Waals surface area contributed by atoms with E-state index in [4.69, 9.17) is 5.11 Å². The van der Waals surface area contributed by atoms with Gasteiger partial charge in [0.25, 0.3) is 0 Å². The van der Waals surface area contributed by atoms with Gasteiger partial charge >= 0.3 is 0 Å². The first-order valence-corrected chi connectivity index (χ1v) is 7.34. The molecule has 5 nitrogen and oxygen atoms in total. The van der Waals surface area contributed by atoms with Crippen LogP contribution in [0.4, 0.5) is 0 Å². The van der Waals surface area contributed by atoms with Gasteiger partial charge in [0.1, 0.15) is 0 Å². The molecule has 0 aliphatic carbocycles. The lowest BCUT2D eigenvalue weighted by Gasteiger charge is -2.20. The van der Waals surface area contributed by atoms with Crippen LogP contribution in [-0.2, 0) is 11.2 Å². The van der Waals surface area contributed by atoms with Gasteiger partial charge in [-0.25, -0.2) is 4.98 Å². The van der Waals surface area contributed by atoms with Crippen molar-refractivity contribution in [1.29, 1.82) is 0 Å². The third-order valence-electron chi connectivity index (χ3n) is 3.06. The molecule has 2 aromatic rings. The van der Waals surface area contributed by atoms with Crippen LogP contribution in [0.1, 0.15) is 24.7 Å². The van der Waals surface area contributed by atoms with Gasteiger partial charge in [-0.3, -0.25) is 9.20 Å². The van der Waals surface area contributed by atoms with E-state index in [1.54, 1.807) is 16.2 Å². The summed E-state index contributed by atoms with van der Waals surface area (Å²) in [5.74, 6) is 0.0991. The number of imidazole rings is 1. The third kappa shape index (κ3) is 3.13. The van der Waals surface area contributed by atoms with E-state index in [0.717, 1.165) is 16.3 Å². The lowest BCUT2D eigenvalue weighted by Crippen LogP contribution is -2.33. The number of nitrogens with zero attached hydrogens (tertiary/aromatic N) is 3. The Hall–Kier alpha value is -1.40. The second kappa shape index (κ2) is 6.16. The highest BCUT2D eigenvalue weighted by molar-refractivity contribution is 7.15. The molecule has 104 valence electrons. The highest BCUT2D eigenvalue weighted by Crippen LogP contribution is 2.17. The molecule has 0 saturated heterocycles. The average Bonchev–Trinajstić information content (AvgIpc) is 2.91. The molecule has 2 aromatic heterocycles. The summed E-state index contributed by atoms with van der Waals surface area (Å²) in [7, 11) is 0. The van der Waals surface area contributed by atoms with Gasteiger partial charge < -0.3 is 10.0 Å². The number of rotatable bonds is 6. The van der Waals surface area contributed by atoms with Gasteiger partial charge in [0.2, 0.25) is 5.91 Å². The first kappa shape index (κ1) is 14.0. The first-order chi connectivity index (χ1) is 9.15. The smallest absolute Gasteiger partial charge is 0.228 e. The minimum atomic E-state index is 0.0991. The van der Waals surface area contributed by atoms with E-state index in [-0.39, 0.29) is 12.5 Å². The maximum Gasteiger partial charge on any atom is 0.228 e. The highest BCUT2D eigenvalue weighted by atomic mass is 32.1. The van der Waals surface area contributed by atoms with E-state index >= 15 is 0 Å². The van der Waals surface area contributed by atoms with Crippen molar-refractivity contribution >= 4 is 22.2 Å². The SMILES string of the molecule is CCN(CCCO)C(=O)Cc1csc2nc(C)cn12. The maximum absolute atomic E-state index is 12.2.